The predicted molar refractivity (Wildman–Crippen MR) is 112 cm³/mol. The lowest BCUT2D eigenvalue weighted by Gasteiger charge is -2.07. The Balaban J connectivity index is 1.46. The number of hydrogen-bond donors (Lipinski definition) is 1. The SMILES string of the molecule is COc1ccc(C(=O)Nc2ccc(-c3csc(-c4ccncc4)n3)cc2)cc1. The van der Waals surface area contributed by atoms with E-state index in [0.717, 1.165) is 33.3 Å². The number of anilines is 1. The minimum atomic E-state index is -0.163. The zero-order valence-corrected chi connectivity index (χ0v) is 15.9. The van der Waals surface area contributed by atoms with Gasteiger partial charge >= 0.3 is 0 Å². The second-order valence-corrected chi connectivity index (χ2v) is 6.89. The molecule has 2 heterocycles. The van der Waals surface area contributed by atoms with Gasteiger partial charge in [0.25, 0.3) is 5.91 Å². The average Bonchev–Trinajstić information content (AvgIpc) is 3.25. The standard InChI is InChI=1S/C22H17N3O2S/c1-27-19-8-4-16(5-9-19)21(26)24-18-6-2-15(3-7-18)20-14-28-22(25-20)17-10-12-23-13-11-17/h2-14H,1H3,(H,24,26). The van der Waals surface area contributed by atoms with E-state index in [0.29, 0.717) is 5.56 Å². The molecule has 0 aliphatic carbocycles. The van der Waals surface area contributed by atoms with Crippen LogP contribution < -0.4 is 10.1 Å². The molecule has 4 aromatic rings. The van der Waals surface area contributed by atoms with Crippen molar-refractivity contribution in [2.24, 2.45) is 0 Å². The van der Waals surface area contributed by atoms with E-state index in [9.17, 15) is 4.79 Å². The largest absolute Gasteiger partial charge is 0.497 e. The van der Waals surface area contributed by atoms with Crippen LogP contribution in [-0.2, 0) is 0 Å². The Morgan fingerprint density at radius 3 is 2.32 bits per heavy atom. The molecule has 5 nitrogen and oxygen atoms in total. The second kappa shape index (κ2) is 8.02. The number of thiazole rings is 1. The summed E-state index contributed by atoms with van der Waals surface area (Å²) >= 11 is 1.59. The van der Waals surface area contributed by atoms with E-state index >= 15 is 0 Å². The summed E-state index contributed by atoms with van der Waals surface area (Å²) in [4.78, 5) is 21.1. The van der Waals surface area contributed by atoms with Gasteiger partial charge in [0.05, 0.1) is 12.8 Å². The number of rotatable bonds is 5. The van der Waals surface area contributed by atoms with Gasteiger partial charge in [-0.25, -0.2) is 4.98 Å². The van der Waals surface area contributed by atoms with Crippen molar-refractivity contribution in [2.45, 2.75) is 0 Å². The zero-order chi connectivity index (χ0) is 19.3. The number of carbonyl (C=O) groups excluding carboxylic acids is 1. The molecular weight excluding hydrogens is 370 g/mol. The molecule has 28 heavy (non-hydrogen) atoms. The summed E-state index contributed by atoms with van der Waals surface area (Å²) in [6.45, 7) is 0. The van der Waals surface area contributed by atoms with Crippen molar-refractivity contribution in [3.8, 4) is 27.6 Å². The third-order valence-electron chi connectivity index (χ3n) is 4.22. The number of methoxy groups -OCH3 is 1. The minimum Gasteiger partial charge on any atom is -0.497 e. The topological polar surface area (TPSA) is 64.1 Å². The van der Waals surface area contributed by atoms with Crippen LogP contribution in [0.3, 0.4) is 0 Å². The lowest BCUT2D eigenvalue weighted by Crippen LogP contribution is -2.11. The Bertz CT molecular complexity index is 1070. The van der Waals surface area contributed by atoms with Gasteiger partial charge in [0.1, 0.15) is 10.8 Å². The number of nitrogens with one attached hydrogen (secondary N) is 1. The molecule has 0 aliphatic rings. The minimum absolute atomic E-state index is 0.163. The van der Waals surface area contributed by atoms with Gasteiger partial charge in [-0.15, -0.1) is 11.3 Å². The highest BCUT2D eigenvalue weighted by Gasteiger charge is 2.09. The fraction of sp³-hybridized carbons (Fsp3) is 0.0455. The average molecular weight is 387 g/mol. The molecule has 1 N–H and O–H groups in total. The first-order valence-corrected chi connectivity index (χ1v) is 9.53. The number of amides is 1. The van der Waals surface area contributed by atoms with Crippen LogP contribution in [0.25, 0.3) is 21.8 Å². The van der Waals surface area contributed by atoms with Crippen LogP contribution in [-0.4, -0.2) is 23.0 Å². The van der Waals surface area contributed by atoms with E-state index in [1.54, 1.807) is 55.1 Å². The van der Waals surface area contributed by atoms with Crippen molar-refractivity contribution in [1.82, 2.24) is 9.97 Å². The molecule has 6 heteroatoms. The van der Waals surface area contributed by atoms with Crippen LogP contribution in [0.15, 0.2) is 78.4 Å². The maximum Gasteiger partial charge on any atom is 0.255 e. The monoisotopic (exact) mass is 387 g/mol. The maximum absolute atomic E-state index is 12.4. The molecule has 2 aromatic carbocycles. The molecule has 0 aliphatic heterocycles. The summed E-state index contributed by atoms with van der Waals surface area (Å²) in [5, 5.41) is 5.88. The van der Waals surface area contributed by atoms with Crippen molar-refractivity contribution in [3.05, 3.63) is 84.0 Å². The summed E-state index contributed by atoms with van der Waals surface area (Å²) in [5.74, 6) is 0.555. The van der Waals surface area contributed by atoms with Crippen LogP contribution >= 0.6 is 11.3 Å². The van der Waals surface area contributed by atoms with Gasteiger partial charge in [-0.3, -0.25) is 9.78 Å². The number of aromatic nitrogens is 2. The highest BCUT2D eigenvalue weighted by atomic mass is 32.1. The summed E-state index contributed by atoms with van der Waals surface area (Å²) in [6, 6.07) is 18.5. The molecule has 4 rings (SSSR count). The summed E-state index contributed by atoms with van der Waals surface area (Å²) in [6.07, 6.45) is 3.52. The van der Waals surface area contributed by atoms with Crippen molar-refractivity contribution >= 4 is 22.9 Å². The molecule has 0 unspecified atom stereocenters. The number of pyridine rings is 1. The van der Waals surface area contributed by atoms with Gasteiger partial charge in [0.2, 0.25) is 0 Å². The fourth-order valence-corrected chi connectivity index (χ4v) is 3.54. The first kappa shape index (κ1) is 17.9. The van der Waals surface area contributed by atoms with Crippen LogP contribution in [0.5, 0.6) is 5.75 Å². The Morgan fingerprint density at radius 1 is 0.929 bits per heavy atom. The number of benzene rings is 2. The van der Waals surface area contributed by atoms with E-state index in [4.69, 9.17) is 9.72 Å². The van der Waals surface area contributed by atoms with Crippen LogP contribution in [0, 0.1) is 0 Å². The number of carbonyl (C=O) groups is 1. The van der Waals surface area contributed by atoms with Crippen molar-refractivity contribution in [3.63, 3.8) is 0 Å². The Kier molecular flexibility index (Phi) is 5.12. The molecular formula is C22H17N3O2S. The van der Waals surface area contributed by atoms with Gasteiger partial charge in [-0.2, -0.15) is 0 Å². The predicted octanol–water partition coefficient (Wildman–Crippen LogP) is 5.13. The smallest absolute Gasteiger partial charge is 0.255 e. The fourth-order valence-electron chi connectivity index (χ4n) is 2.70. The van der Waals surface area contributed by atoms with Gasteiger partial charge < -0.3 is 10.1 Å². The van der Waals surface area contributed by atoms with Gasteiger partial charge in [0, 0.05) is 40.2 Å². The summed E-state index contributed by atoms with van der Waals surface area (Å²) in [5.41, 5.74) is 4.26. The number of nitrogens with zero attached hydrogens (tertiary/aromatic N) is 2. The van der Waals surface area contributed by atoms with Gasteiger partial charge in [-0.05, 0) is 48.5 Å². The Labute approximate surface area is 166 Å². The van der Waals surface area contributed by atoms with E-state index in [1.165, 1.54) is 0 Å². The zero-order valence-electron chi connectivity index (χ0n) is 15.1. The molecule has 0 fully saturated rings. The summed E-state index contributed by atoms with van der Waals surface area (Å²) < 4.78 is 5.11. The lowest BCUT2D eigenvalue weighted by molar-refractivity contribution is 0.102. The third kappa shape index (κ3) is 3.92. The summed E-state index contributed by atoms with van der Waals surface area (Å²) in [7, 11) is 1.60. The normalized spacial score (nSPS) is 10.5. The van der Waals surface area contributed by atoms with Crippen LogP contribution in [0.2, 0.25) is 0 Å². The molecule has 2 aromatic heterocycles. The van der Waals surface area contributed by atoms with Crippen LogP contribution in [0.1, 0.15) is 10.4 Å². The maximum atomic E-state index is 12.4. The molecule has 1 amide bonds. The molecule has 0 atom stereocenters. The number of ether oxygens (including phenoxy) is 1. The Morgan fingerprint density at radius 2 is 1.64 bits per heavy atom. The van der Waals surface area contributed by atoms with Gasteiger partial charge in [0.15, 0.2) is 0 Å². The van der Waals surface area contributed by atoms with Crippen molar-refractivity contribution in [2.75, 3.05) is 12.4 Å². The highest BCUT2D eigenvalue weighted by Crippen LogP contribution is 2.29. The van der Waals surface area contributed by atoms with Crippen LogP contribution in [0.4, 0.5) is 5.69 Å². The van der Waals surface area contributed by atoms with E-state index in [1.807, 2.05) is 41.8 Å². The molecule has 0 bridgehead atoms. The molecule has 0 saturated heterocycles. The highest BCUT2D eigenvalue weighted by molar-refractivity contribution is 7.13. The molecule has 0 spiro atoms. The Hall–Kier alpha value is -3.51. The molecule has 0 radical (unpaired) electrons. The lowest BCUT2D eigenvalue weighted by atomic mass is 10.1. The van der Waals surface area contributed by atoms with Crippen molar-refractivity contribution in [1.29, 1.82) is 0 Å². The quantitative estimate of drug-likeness (QED) is 0.515. The second-order valence-electron chi connectivity index (χ2n) is 6.03. The van der Waals surface area contributed by atoms with Crippen molar-refractivity contribution < 1.29 is 9.53 Å². The molecule has 138 valence electrons. The van der Waals surface area contributed by atoms with E-state index in [2.05, 4.69) is 10.3 Å². The number of hydrogen-bond acceptors (Lipinski definition) is 5. The molecule has 0 saturated carbocycles. The third-order valence-corrected chi connectivity index (χ3v) is 5.11. The van der Waals surface area contributed by atoms with E-state index < -0.39 is 0 Å². The first-order chi connectivity index (χ1) is 13.7. The first-order valence-electron chi connectivity index (χ1n) is 8.65. The van der Waals surface area contributed by atoms with Gasteiger partial charge in [-0.1, -0.05) is 12.1 Å². The van der Waals surface area contributed by atoms with E-state index in [-0.39, 0.29) is 5.91 Å².